The van der Waals surface area contributed by atoms with Gasteiger partial charge in [0.25, 0.3) is 0 Å². The van der Waals surface area contributed by atoms with Crippen LogP contribution >= 0.6 is 0 Å². The lowest BCUT2D eigenvalue weighted by Crippen LogP contribution is -2.34. The molecule has 4 nitrogen and oxygen atoms in total. The van der Waals surface area contributed by atoms with Crippen LogP contribution in [-0.4, -0.2) is 33.8 Å². The highest BCUT2D eigenvalue weighted by atomic mass is 15.3. The summed E-state index contributed by atoms with van der Waals surface area (Å²) in [4.78, 5) is 2.58. The summed E-state index contributed by atoms with van der Waals surface area (Å²) >= 11 is 0. The molecule has 0 radical (unpaired) electrons. The van der Waals surface area contributed by atoms with E-state index in [0.717, 1.165) is 18.8 Å². The molecular formula is C14H26N4. The monoisotopic (exact) mass is 250 g/mol. The Morgan fingerprint density at radius 2 is 2.06 bits per heavy atom. The zero-order valence-electron chi connectivity index (χ0n) is 12.3. The van der Waals surface area contributed by atoms with Crippen LogP contribution in [0.4, 0.5) is 0 Å². The molecule has 1 aromatic rings. The molecule has 0 spiro atoms. The molecule has 2 heterocycles. The highest BCUT2D eigenvalue weighted by molar-refractivity contribution is 5.30. The minimum atomic E-state index is 0.448. The van der Waals surface area contributed by atoms with Gasteiger partial charge >= 0.3 is 0 Å². The van der Waals surface area contributed by atoms with Crippen molar-refractivity contribution in [2.75, 3.05) is 13.1 Å². The standard InChI is InChI=1S/C14H26N4/c1-9(2)18-7-6-12(8-15)14(18)13-10(3)16-17(5)11(13)4/h9,12,14H,6-8,15H2,1-5H3. The molecule has 1 aromatic heterocycles. The van der Waals surface area contributed by atoms with E-state index in [-0.39, 0.29) is 0 Å². The molecule has 1 aliphatic rings. The zero-order valence-corrected chi connectivity index (χ0v) is 12.3. The second-order valence-electron chi connectivity index (χ2n) is 5.77. The van der Waals surface area contributed by atoms with Gasteiger partial charge in [-0.25, -0.2) is 0 Å². The predicted molar refractivity (Wildman–Crippen MR) is 74.4 cm³/mol. The summed E-state index contributed by atoms with van der Waals surface area (Å²) in [5.41, 5.74) is 9.82. The summed E-state index contributed by atoms with van der Waals surface area (Å²) in [7, 11) is 2.03. The average Bonchev–Trinajstić information content (AvgIpc) is 2.81. The zero-order chi connectivity index (χ0) is 13.4. The van der Waals surface area contributed by atoms with Gasteiger partial charge in [-0.2, -0.15) is 5.10 Å². The molecule has 2 atom stereocenters. The van der Waals surface area contributed by atoms with Crippen LogP contribution in [0.15, 0.2) is 0 Å². The fourth-order valence-corrected chi connectivity index (χ4v) is 3.33. The van der Waals surface area contributed by atoms with E-state index in [4.69, 9.17) is 5.73 Å². The van der Waals surface area contributed by atoms with Crippen LogP contribution < -0.4 is 5.73 Å². The molecule has 2 N–H and O–H groups in total. The molecule has 2 rings (SSSR count). The number of aromatic nitrogens is 2. The van der Waals surface area contributed by atoms with Crippen molar-refractivity contribution in [3.8, 4) is 0 Å². The molecule has 1 saturated heterocycles. The number of nitrogens with two attached hydrogens (primary N) is 1. The van der Waals surface area contributed by atoms with Gasteiger partial charge in [-0.3, -0.25) is 9.58 Å². The second-order valence-corrected chi connectivity index (χ2v) is 5.77. The molecule has 0 aliphatic carbocycles. The van der Waals surface area contributed by atoms with Crippen molar-refractivity contribution < 1.29 is 0 Å². The Bertz CT molecular complexity index is 422. The molecule has 0 amide bonds. The average molecular weight is 250 g/mol. The van der Waals surface area contributed by atoms with E-state index < -0.39 is 0 Å². The number of hydrogen-bond donors (Lipinski definition) is 1. The number of likely N-dealkylation sites (tertiary alicyclic amines) is 1. The van der Waals surface area contributed by atoms with E-state index in [1.165, 1.54) is 17.7 Å². The van der Waals surface area contributed by atoms with Gasteiger partial charge in [0.15, 0.2) is 0 Å². The van der Waals surface area contributed by atoms with Crippen molar-refractivity contribution in [1.29, 1.82) is 0 Å². The number of hydrogen-bond acceptors (Lipinski definition) is 3. The molecule has 0 aromatic carbocycles. The van der Waals surface area contributed by atoms with E-state index in [1.807, 2.05) is 11.7 Å². The first-order chi connectivity index (χ1) is 8.47. The van der Waals surface area contributed by atoms with Gasteiger partial charge in [-0.15, -0.1) is 0 Å². The fraction of sp³-hybridized carbons (Fsp3) is 0.786. The van der Waals surface area contributed by atoms with Crippen LogP contribution in [-0.2, 0) is 7.05 Å². The van der Waals surface area contributed by atoms with E-state index in [0.29, 0.717) is 18.0 Å². The summed E-state index contributed by atoms with van der Waals surface area (Å²) in [6, 6.07) is 1.01. The van der Waals surface area contributed by atoms with Gasteiger partial charge in [0, 0.05) is 30.4 Å². The Morgan fingerprint density at radius 1 is 1.39 bits per heavy atom. The van der Waals surface area contributed by atoms with Crippen molar-refractivity contribution in [2.24, 2.45) is 18.7 Å². The van der Waals surface area contributed by atoms with Gasteiger partial charge in [-0.1, -0.05) is 0 Å². The van der Waals surface area contributed by atoms with Crippen LogP contribution in [0.2, 0.25) is 0 Å². The SMILES string of the molecule is Cc1nn(C)c(C)c1C1C(CN)CCN1C(C)C. The first-order valence-corrected chi connectivity index (χ1v) is 6.93. The maximum absolute atomic E-state index is 5.98. The lowest BCUT2D eigenvalue weighted by atomic mass is 9.92. The predicted octanol–water partition coefficient (Wildman–Crippen LogP) is 1.77. The van der Waals surface area contributed by atoms with Crippen LogP contribution in [0.5, 0.6) is 0 Å². The molecule has 18 heavy (non-hydrogen) atoms. The first kappa shape index (κ1) is 13.6. The van der Waals surface area contributed by atoms with Crippen molar-refractivity contribution in [2.45, 2.75) is 46.2 Å². The van der Waals surface area contributed by atoms with Crippen LogP contribution in [0.1, 0.15) is 43.3 Å². The van der Waals surface area contributed by atoms with E-state index in [2.05, 4.69) is 37.7 Å². The third-order valence-corrected chi connectivity index (χ3v) is 4.39. The van der Waals surface area contributed by atoms with Crippen LogP contribution in [0.25, 0.3) is 0 Å². The number of aryl methyl sites for hydroxylation is 2. The van der Waals surface area contributed by atoms with Gasteiger partial charge in [0.2, 0.25) is 0 Å². The molecular weight excluding hydrogens is 224 g/mol. The highest BCUT2D eigenvalue weighted by Crippen LogP contribution is 2.40. The fourth-order valence-electron chi connectivity index (χ4n) is 3.33. The Kier molecular flexibility index (Phi) is 3.78. The third kappa shape index (κ3) is 2.08. The normalized spacial score (nSPS) is 25.3. The molecule has 0 saturated carbocycles. The van der Waals surface area contributed by atoms with Crippen molar-refractivity contribution in [3.05, 3.63) is 17.0 Å². The lowest BCUT2D eigenvalue weighted by molar-refractivity contribution is 0.183. The maximum Gasteiger partial charge on any atom is 0.0644 e. The smallest absolute Gasteiger partial charge is 0.0644 e. The highest BCUT2D eigenvalue weighted by Gasteiger charge is 2.38. The Hall–Kier alpha value is -0.870. The van der Waals surface area contributed by atoms with Gasteiger partial charge in [0.05, 0.1) is 5.69 Å². The number of rotatable bonds is 3. The molecule has 0 bridgehead atoms. The van der Waals surface area contributed by atoms with Crippen molar-refractivity contribution in [1.82, 2.24) is 14.7 Å². The molecule has 4 heteroatoms. The molecule has 1 aliphatic heterocycles. The van der Waals surface area contributed by atoms with Gasteiger partial charge < -0.3 is 5.73 Å². The molecule has 2 unspecified atom stereocenters. The Morgan fingerprint density at radius 3 is 2.50 bits per heavy atom. The van der Waals surface area contributed by atoms with Gasteiger partial charge in [0.1, 0.15) is 0 Å². The minimum Gasteiger partial charge on any atom is -0.330 e. The van der Waals surface area contributed by atoms with Crippen LogP contribution in [0, 0.1) is 19.8 Å². The topological polar surface area (TPSA) is 47.1 Å². The summed E-state index contributed by atoms with van der Waals surface area (Å²) in [5, 5.41) is 4.57. The Balaban J connectivity index is 2.43. The summed E-state index contributed by atoms with van der Waals surface area (Å²) < 4.78 is 2.00. The summed E-state index contributed by atoms with van der Waals surface area (Å²) in [6.07, 6.45) is 1.20. The third-order valence-electron chi connectivity index (χ3n) is 4.39. The summed E-state index contributed by atoms with van der Waals surface area (Å²) in [5.74, 6) is 0.564. The van der Waals surface area contributed by atoms with E-state index in [9.17, 15) is 0 Å². The first-order valence-electron chi connectivity index (χ1n) is 6.93. The van der Waals surface area contributed by atoms with Crippen LogP contribution in [0.3, 0.4) is 0 Å². The van der Waals surface area contributed by atoms with Crippen molar-refractivity contribution in [3.63, 3.8) is 0 Å². The molecule has 1 fully saturated rings. The minimum absolute atomic E-state index is 0.448. The second kappa shape index (κ2) is 5.02. The molecule has 102 valence electrons. The maximum atomic E-state index is 5.98. The lowest BCUT2D eigenvalue weighted by Gasteiger charge is -2.31. The largest absolute Gasteiger partial charge is 0.330 e. The number of nitrogens with zero attached hydrogens (tertiary/aromatic N) is 3. The van der Waals surface area contributed by atoms with E-state index >= 15 is 0 Å². The van der Waals surface area contributed by atoms with Gasteiger partial charge in [-0.05, 0) is 53.1 Å². The summed E-state index contributed by atoms with van der Waals surface area (Å²) in [6.45, 7) is 10.7. The Labute approximate surface area is 110 Å². The van der Waals surface area contributed by atoms with E-state index in [1.54, 1.807) is 0 Å². The quantitative estimate of drug-likeness (QED) is 0.889. The van der Waals surface area contributed by atoms with Crippen molar-refractivity contribution >= 4 is 0 Å².